The minimum absolute atomic E-state index is 0.0866. The Hall–Kier alpha value is -3.55. The highest BCUT2D eigenvalue weighted by Gasteiger charge is 2.25. The summed E-state index contributed by atoms with van der Waals surface area (Å²) in [4.78, 5) is 25.4. The number of carbonyl (C=O) groups excluding carboxylic acids is 2. The van der Waals surface area contributed by atoms with Gasteiger partial charge in [-0.3, -0.25) is 9.59 Å². The summed E-state index contributed by atoms with van der Waals surface area (Å²) in [7, 11) is 0. The van der Waals surface area contributed by atoms with Gasteiger partial charge < -0.3 is 10.6 Å². The molecule has 3 aromatic rings. The number of amides is 2. The molecule has 0 aliphatic heterocycles. The average Bonchev–Trinajstić information content (AvgIpc) is 3.20. The van der Waals surface area contributed by atoms with E-state index < -0.39 is 6.04 Å². The van der Waals surface area contributed by atoms with Gasteiger partial charge in [0, 0.05) is 11.3 Å². The molecule has 0 aliphatic rings. The molecule has 2 aromatic carbocycles. The maximum absolute atomic E-state index is 12.8. The van der Waals surface area contributed by atoms with Gasteiger partial charge in [-0.25, -0.2) is 4.68 Å². The van der Waals surface area contributed by atoms with Gasteiger partial charge in [-0.1, -0.05) is 37.6 Å². The molecule has 28 heavy (non-hydrogen) atoms. The molecule has 0 spiro atoms. The van der Waals surface area contributed by atoms with Gasteiger partial charge >= 0.3 is 0 Å². The molecule has 2 amide bonds. The molecular weight excluding hydrogens is 356 g/mol. The van der Waals surface area contributed by atoms with Crippen molar-refractivity contribution in [1.82, 2.24) is 25.5 Å². The van der Waals surface area contributed by atoms with Crippen molar-refractivity contribution in [1.29, 1.82) is 0 Å². The van der Waals surface area contributed by atoms with Crippen LogP contribution in [0.25, 0.3) is 5.69 Å². The molecule has 2 N–H and O–H groups in total. The largest absolute Gasteiger partial charge is 0.340 e. The third kappa shape index (κ3) is 4.59. The monoisotopic (exact) mass is 378 g/mol. The summed E-state index contributed by atoms with van der Waals surface area (Å²) in [6.07, 6.45) is 1.47. The number of nitrogens with zero attached hydrogens (tertiary/aromatic N) is 4. The van der Waals surface area contributed by atoms with E-state index in [1.165, 1.54) is 11.0 Å². The highest BCUT2D eigenvalue weighted by atomic mass is 16.2. The van der Waals surface area contributed by atoms with Gasteiger partial charge in [0.1, 0.15) is 12.4 Å². The van der Waals surface area contributed by atoms with Gasteiger partial charge in [0.25, 0.3) is 5.91 Å². The normalized spacial score (nSPS) is 11.9. The Bertz CT molecular complexity index is 968. The van der Waals surface area contributed by atoms with Crippen molar-refractivity contribution in [3.8, 4) is 5.69 Å². The minimum atomic E-state index is -0.676. The zero-order valence-corrected chi connectivity index (χ0v) is 16.0. The Morgan fingerprint density at radius 2 is 1.86 bits per heavy atom. The standard InChI is InChI=1S/C20H22N6O2/c1-13(2)18(23-19(27)15-7-4-6-14(3)10-15)20(28)22-16-8-5-9-17(11-16)26-12-21-24-25-26/h4-13,18H,1-3H3,(H,22,28)(H,23,27). The topological polar surface area (TPSA) is 102 Å². The first-order valence-corrected chi connectivity index (χ1v) is 8.96. The fourth-order valence-electron chi connectivity index (χ4n) is 2.77. The van der Waals surface area contributed by atoms with Crippen LogP contribution in [0.15, 0.2) is 54.9 Å². The second-order valence-electron chi connectivity index (χ2n) is 6.86. The van der Waals surface area contributed by atoms with Crippen molar-refractivity contribution < 1.29 is 9.59 Å². The van der Waals surface area contributed by atoms with Crippen LogP contribution in [0.2, 0.25) is 0 Å². The van der Waals surface area contributed by atoms with Crippen molar-refractivity contribution in [3.05, 3.63) is 66.0 Å². The Morgan fingerprint density at radius 1 is 1.07 bits per heavy atom. The van der Waals surface area contributed by atoms with E-state index >= 15 is 0 Å². The number of hydrogen-bond donors (Lipinski definition) is 2. The van der Waals surface area contributed by atoms with Crippen molar-refractivity contribution in [2.75, 3.05) is 5.32 Å². The molecule has 1 heterocycles. The van der Waals surface area contributed by atoms with E-state index in [1.807, 2.05) is 39.0 Å². The first kappa shape index (κ1) is 19.2. The average molecular weight is 378 g/mol. The zero-order valence-electron chi connectivity index (χ0n) is 16.0. The van der Waals surface area contributed by atoms with E-state index in [9.17, 15) is 9.59 Å². The summed E-state index contributed by atoms with van der Waals surface area (Å²) < 4.78 is 1.50. The lowest BCUT2D eigenvalue weighted by Crippen LogP contribution is -2.47. The van der Waals surface area contributed by atoms with Crippen molar-refractivity contribution in [3.63, 3.8) is 0 Å². The number of aryl methyl sites for hydroxylation is 1. The second kappa shape index (κ2) is 8.43. The summed E-state index contributed by atoms with van der Waals surface area (Å²) in [5, 5.41) is 16.7. The molecule has 8 heteroatoms. The van der Waals surface area contributed by atoms with Gasteiger partial charge in [0.15, 0.2) is 0 Å². The van der Waals surface area contributed by atoms with Crippen LogP contribution in [0, 0.1) is 12.8 Å². The molecule has 1 atom stereocenters. The fraction of sp³-hybridized carbons (Fsp3) is 0.250. The molecule has 144 valence electrons. The number of rotatable bonds is 6. The predicted octanol–water partition coefficient (Wildman–Crippen LogP) is 2.36. The van der Waals surface area contributed by atoms with Gasteiger partial charge in [-0.2, -0.15) is 0 Å². The van der Waals surface area contributed by atoms with Crippen LogP contribution in [-0.2, 0) is 4.79 Å². The summed E-state index contributed by atoms with van der Waals surface area (Å²) in [6, 6.07) is 13.7. The van der Waals surface area contributed by atoms with E-state index in [1.54, 1.807) is 30.3 Å². The van der Waals surface area contributed by atoms with Gasteiger partial charge in [-0.15, -0.1) is 5.10 Å². The minimum Gasteiger partial charge on any atom is -0.340 e. The third-order valence-corrected chi connectivity index (χ3v) is 4.24. The second-order valence-corrected chi connectivity index (χ2v) is 6.86. The summed E-state index contributed by atoms with van der Waals surface area (Å²) >= 11 is 0. The van der Waals surface area contributed by atoms with E-state index in [4.69, 9.17) is 0 Å². The maximum atomic E-state index is 12.8. The number of hydrogen-bond acceptors (Lipinski definition) is 5. The first-order valence-electron chi connectivity index (χ1n) is 8.96. The molecule has 0 saturated heterocycles. The molecule has 1 unspecified atom stereocenters. The first-order chi connectivity index (χ1) is 13.4. The number of benzene rings is 2. The lowest BCUT2D eigenvalue weighted by atomic mass is 10.0. The fourth-order valence-corrected chi connectivity index (χ4v) is 2.77. The Morgan fingerprint density at radius 3 is 2.54 bits per heavy atom. The molecule has 0 saturated carbocycles. The van der Waals surface area contributed by atoms with Crippen LogP contribution in [0.1, 0.15) is 29.8 Å². The number of anilines is 1. The molecule has 8 nitrogen and oxygen atoms in total. The summed E-state index contributed by atoms with van der Waals surface area (Å²) in [5.41, 5.74) is 2.82. The smallest absolute Gasteiger partial charge is 0.251 e. The molecule has 0 radical (unpaired) electrons. The Kier molecular flexibility index (Phi) is 5.78. The molecule has 1 aromatic heterocycles. The molecule has 0 fully saturated rings. The van der Waals surface area contributed by atoms with Crippen LogP contribution in [0.3, 0.4) is 0 Å². The molecule has 0 aliphatic carbocycles. The van der Waals surface area contributed by atoms with Crippen molar-refractivity contribution in [2.45, 2.75) is 26.8 Å². The number of tetrazole rings is 1. The third-order valence-electron chi connectivity index (χ3n) is 4.24. The lowest BCUT2D eigenvalue weighted by Gasteiger charge is -2.22. The summed E-state index contributed by atoms with van der Waals surface area (Å²) in [6.45, 7) is 5.69. The maximum Gasteiger partial charge on any atom is 0.251 e. The number of nitrogens with one attached hydrogen (secondary N) is 2. The zero-order chi connectivity index (χ0) is 20.1. The Labute approximate surface area is 163 Å². The van der Waals surface area contributed by atoms with Crippen LogP contribution in [0.4, 0.5) is 5.69 Å². The number of aromatic nitrogens is 4. The highest BCUT2D eigenvalue weighted by Crippen LogP contribution is 2.15. The van der Waals surface area contributed by atoms with Gasteiger partial charge in [0.2, 0.25) is 5.91 Å². The predicted molar refractivity (Wildman–Crippen MR) is 105 cm³/mol. The number of carbonyl (C=O) groups is 2. The van der Waals surface area contributed by atoms with Crippen LogP contribution in [0.5, 0.6) is 0 Å². The Balaban J connectivity index is 1.73. The summed E-state index contributed by atoms with van der Waals surface area (Å²) in [5.74, 6) is -0.652. The van der Waals surface area contributed by atoms with Crippen LogP contribution >= 0.6 is 0 Å². The van der Waals surface area contributed by atoms with E-state index in [2.05, 4.69) is 26.2 Å². The SMILES string of the molecule is Cc1cccc(C(=O)NC(C(=O)Nc2cccc(-n3cnnn3)c2)C(C)C)c1. The van der Waals surface area contributed by atoms with E-state index in [-0.39, 0.29) is 17.7 Å². The van der Waals surface area contributed by atoms with E-state index in [0.29, 0.717) is 16.9 Å². The quantitative estimate of drug-likeness (QED) is 0.686. The van der Waals surface area contributed by atoms with Gasteiger partial charge in [0.05, 0.1) is 5.69 Å². The van der Waals surface area contributed by atoms with Gasteiger partial charge in [-0.05, 0) is 53.6 Å². The molecular formula is C20H22N6O2. The highest BCUT2D eigenvalue weighted by molar-refractivity contribution is 6.01. The van der Waals surface area contributed by atoms with Crippen LogP contribution < -0.4 is 10.6 Å². The lowest BCUT2D eigenvalue weighted by molar-refractivity contribution is -0.118. The molecule has 0 bridgehead atoms. The van der Waals surface area contributed by atoms with E-state index in [0.717, 1.165) is 5.56 Å². The molecule has 3 rings (SSSR count). The van der Waals surface area contributed by atoms with Crippen molar-refractivity contribution in [2.24, 2.45) is 5.92 Å². The van der Waals surface area contributed by atoms with Crippen LogP contribution in [-0.4, -0.2) is 38.1 Å². The van der Waals surface area contributed by atoms with Crippen molar-refractivity contribution >= 4 is 17.5 Å².